The van der Waals surface area contributed by atoms with Crippen LogP contribution in [-0.4, -0.2) is 9.91 Å². The second-order valence-electron chi connectivity index (χ2n) is 4.16. The van der Waals surface area contributed by atoms with Crippen LogP contribution in [0.1, 0.15) is 18.7 Å². The molecule has 1 unspecified atom stereocenters. The number of nitro benzene ring substituents is 1. The lowest BCUT2D eigenvalue weighted by atomic mass is 10.2. The number of anilines is 1. The molecule has 0 spiro atoms. The largest absolute Gasteiger partial charge is 0.374 e. The number of benzene rings is 1. The van der Waals surface area contributed by atoms with E-state index in [9.17, 15) is 18.9 Å². The molecule has 20 heavy (non-hydrogen) atoms. The van der Waals surface area contributed by atoms with Gasteiger partial charge in [-0.15, -0.1) is 0 Å². The lowest BCUT2D eigenvalue weighted by Crippen LogP contribution is -2.10. The van der Waals surface area contributed by atoms with Crippen molar-refractivity contribution in [2.45, 2.75) is 13.0 Å². The van der Waals surface area contributed by atoms with Crippen LogP contribution in [0.25, 0.3) is 0 Å². The second kappa shape index (κ2) is 5.60. The zero-order valence-electron chi connectivity index (χ0n) is 10.5. The zero-order chi connectivity index (χ0) is 14.7. The predicted octanol–water partition coefficient (Wildman–Crippen LogP) is 3.44. The van der Waals surface area contributed by atoms with Crippen molar-refractivity contribution in [1.82, 2.24) is 4.98 Å². The van der Waals surface area contributed by atoms with Gasteiger partial charge < -0.3 is 5.32 Å². The van der Waals surface area contributed by atoms with Crippen molar-refractivity contribution in [3.05, 3.63) is 64.0 Å². The van der Waals surface area contributed by atoms with Gasteiger partial charge in [-0.25, -0.2) is 4.39 Å². The molecule has 1 atom stereocenters. The topological polar surface area (TPSA) is 68.1 Å². The summed E-state index contributed by atoms with van der Waals surface area (Å²) in [4.78, 5) is 13.8. The van der Waals surface area contributed by atoms with Crippen LogP contribution in [0.5, 0.6) is 0 Å². The third-order valence-corrected chi connectivity index (χ3v) is 2.74. The molecule has 0 saturated heterocycles. The minimum Gasteiger partial charge on any atom is -0.374 e. The molecular formula is C13H11F2N3O2. The highest BCUT2D eigenvalue weighted by Gasteiger charge is 2.19. The van der Waals surface area contributed by atoms with Gasteiger partial charge in [0.15, 0.2) is 0 Å². The Bertz CT molecular complexity index is 635. The van der Waals surface area contributed by atoms with Gasteiger partial charge in [0, 0.05) is 18.3 Å². The first kappa shape index (κ1) is 13.9. The summed E-state index contributed by atoms with van der Waals surface area (Å²) in [5, 5.41) is 13.4. The summed E-state index contributed by atoms with van der Waals surface area (Å²) in [5.41, 5.74) is -0.280. The van der Waals surface area contributed by atoms with Crippen LogP contribution in [0.15, 0.2) is 36.5 Å². The highest BCUT2D eigenvalue weighted by Crippen LogP contribution is 2.27. The van der Waals surface area contributed by atoms with Crippen molar-refractivity contribution in [3.63, 3.8) is 0 Å². The van der Waals surface area contributed by atoms with E-state index in [1.165, 1.54) is 0 Å². The first-order valence-electron chi connectivity index (χ1n) is 5.80. The van der Waals surface area contributed by atoms with Gasteiger partial charge in [-0.3, -0.25) is 15.1 Å². The van der Waals surface area contributed by atoms with Gasteiger partial charge in [0.2, 0.25) is 5.82 Å². The van der Waals surface area contributed by atoms with E-state index >= 15 is 0 Å². The van der Waals surface area contributed by atoms with E-state index in [1.807, 2.05) is 0 Å². The Morgan fingerprint density at radius 2 is 2.05 bits per heavy atom. The first-order chi connectivity index (χ1) is 9.49. The smallest absolute Gasteiger partial charge is 0.307 e. The Hall–Kier alpha value is -2.57. The Kier molecular flexibility index (Phi) is 3.88. The number of halogens is 2. The quantitative estimate of drug-likeness (QED) is 0.687. The van der Waals surface area contributed by atoms with Crippen LogP contribution >= 0.6 is 0 Å². The van der Waals surface area contributed by atoms with Gasteiger partial charge in [-0.05, 0) is 19.1 Å². The minimum absolute atomic E-state index is 0.142. The van der Waals surface area contributed by atoms with Crippen LogP contribution in [0, 0.1) is 21.7 Å². The lowest BCUT2D eigenvalue weighted by Gasteiger charge is -2.15. The summed E-state index contributed by atoms with van der Waals surface area (Å²) < 4.78 is 26.8. The summed E-state index contributed by atoms with van der Waals surface area (Å²) in [6, 6.07) is 6.18. The van der Waals surface area contributed by atoms with Gasteiger partial charge in [0.05, 0.1) is 22.3 Å². The molecule has 2 aromatic rings. The summed E-state index contributed by atoms with van der Waals surface area (Å²) >= 11 is 0. The summed E-state index contributed by atoms with van der Waals surface area (Å²) in [6.45, 7) is 1.72. The summed E-state index contributed by atoms with van der Waals surface area (Å²) in [6.07, 6.45) is 1.58. The Labute approximate surface area is 113 Å². The molecule has 7 heteroatoms. The molecule has 1 heterocycles. The van der Waals surface area contributed by atoms with Crippen molar-refractivity contribution in [2.24, 2.45) is 0 Å². The molecule has 0 bridgehead atoms. The third kappa shape index (κ3) is 2.87. The predicted molar refractivity (Wildman–Crippen MR) is 69.3 cm³/mol. The van der Waals surface area contributed by atoms with Gasteiger partial charge >= 0.3 is 5.69 Å². The molecule has 0 amide bonds. The van der Waals surface area contributed by atoms with E-state index in [2.05, 4.69) is 10.3 Å². The van der Waals surface area contributed by atoms with Crippen LogP contribution in [0.2, 0.25) is 0 Å². The van der Waals surface area contributed by atoms with Crippen molar-refractivity contribution >= 4 is 11.4 Å². The van der Waals surface area contributed by atoms with Crippen LogP contribution in [-0.2, 0) is 0 Å². The molecule has 0 aliphatic carbocycles. The first-order valence-corrected chi connectivity index (χ1v) is 5.80. The van der Waals surface area contributed by atoms with Gasteiger partial charge in [0.25, 0.3) is 0 Å². The average Bonchev–Trinajstić information content (AvgIpc) is 2.42. The van der Waals surface area contributed by atoms with E-state index in [1.54, 1.807) is 31.3 Å². The second-order valence-corrected chi connectivity index (χ2v) is 4.16. The maximum Gasteiger partial charge on any atom is 0.307 e. The fourth-order valence-corrected chi connectivity index (χ4v) is 1.73. The van der Waals surface area contributed by atoms with E-state index in [4.69, 9.17) is 0 Å². The number of nitrogens with zero attached hydrogens (tertiary/aromatic N) is 2. The summed E-state index contributed by atoms with van der Waals surface area (Å²) in [7, 11) is 0. The highest BCUT2D eigenvalue weighted by atomic mass is 19.1. The lowest BCUT2D eigenvalue weighted by molar-refractivity contribution is -0.387. The summed E-state index contributed by atoms with van der Waals surface area (Å²) in [5.74, 6) is -2.10. The molecule has 0 aliphatic heterocycles. The van der Waals surface area contributed by atoms with Crippen molar-refractivity contribution in [2.75, 3.05) is 5.32 Å². The molecule has 1 aromatic heterocycles. The standard InChI is InChI=1S/C13H11F2N3O2/c1-8(11-4-2-3-5-16-11)17-12-7-13(18(19)20)10(15)6-9(12)14/h2-8,17H,1H3. The van der Waals surface area contributed by atoms with Crippen molar-refractivity contribution in [3.8, 4) is 0 Å². The molecule has 104 valence electrons. The molecule has 1 aromatic carbocycles. The fourth-order valence-electron chi connectivity index (χ4n) is 1.73. The number of pyridine rings is 1. The van der Waals surface area contributed by atoms with E-state index in [0.717, 1.165) is 6.07 Å². The number of nitrogens with one attached hydrogen (secondary N) is 1. The maximum atomic E-state index is 13.6. The monoisotopic (exact) mass is 279 g/mol. The number of hydrogen-bond donors (Lipinski definition) is 1. The Morgan fingerprint density at radius 3 is 2.65 bits per heavy atom. The molecule has 1 N–H and O–H groups in total. The molecule has 5 nitrogen and oxygen atoms in total. The van der Waals surface area contributed by atoms with E-state index < -0.39 is 22.2 Å². The molecule has 0 saturated carbocycles. The van der Waals surface area contributed by atoms with Crippen LogP contribution in [0.3, 0.4) is 0 Å². The van der Waals surface area contributed by atoms with Crippen LogP contribution < -0.4 is 5.32 Å². The Morgan fingerprint density at radius 1 is 1.30 bits per heavy atom. The number of aromatic nitrogens is 1. The van der Waals surface area contributed by atoms with Crippen LogP contribution in [0.4, 0.5) is 20.2 Å². The average molecular weight is 279 g/mol. The maximum absolute atomic E-state index is 13.6. The van der Waals surface area contributed by atoms with E-state index in [0.29, 0.717) is 11.8 Å². The van der Waals surface area contributed by atoms with Gasteiger partial charge in [0.1, 0.15) is 5.82 Å². The van der Waals surface area contributed by atoms with E-state index in [-0.39, 0.29) is 11.7 Å². The van der Waals surface area contributed by atoms with Gasteiger partial charge in [-0.2, -0.15) is 4.39 Å². The molecule has 2 rings (SSSR count). The van der Waals surface area contributed by atoms with Crippen molar-refractivity contribution in [1.29, 1.82) is 0 Å². The zero-order valence-corrected chi connectivity index (χ0v) is 10.5. The van der Waals surface area contributed by atoms with Gasteiger partial charge in [-0.1, -0.05) is 6.07 Å². The third-order valence-electron chi connectivity index (χ3n) is 2.74. The fraction of sp³-hybridized carbons (Fsp3) is 0.154. The molecule has 0 radical (unpaired) electrons. The normalized spacial score (nSPS) is 11.9. The minimum atomic E-state index is -1.21. The highest BCUT2D eigenvalue weighted by molar-refractivity contribution is 5.54. The number of hydrogen-bond acceptors (Lipinski definition) is 4. The Balaban J connectivity index is 2.29. The SMILES string of the molecule is CC(Nc1cc([N+](=O)[O-])c(F)cc1F)c1ccccn1. The molecular weight excluding hydrogens is 268 g/mol. The molecule has 0 fully saturated rings. The molecule has 0 aliphatic rings. The number of nitro groups is 1. The number of rotatable bonds is 4. The van der Waals surface area contributed by atoms with Crippen molar-refractivity contribution < 1.29 is 13.7 Å².